The third-order valence-corrected chi connectivity index (χ3v) is 21.8. The molecule has 10 N–H and O–H groups in total. The lowest BCUT2D eigenvalue weighted by Gasteiger charge is -2.38. The number of phenolic OH excluding ortho intramolecular Hbond substituents is 1. The predicted molar refractivity (Wildman–Crippen MR) is 406 cm³/mol. The molecule has 108 heavy (non-hydrogen) atoms. The van der Waals surface area contributed by atoms with Gasteiger partial charge in [0.15, 0.2) is 11.2 Å². The number of hydrogen-bond acceptors (Lipinski definition) is 22. The van der Waals surface area contributed by atoms with Gasteiger partial charge in [0.2, 0.25) is 17.7 Å². The number of piperidine rings is 1. The number of benzene rings is 4. The molecule has 4 bridgehead atoms. The molecule has 0 unspecified atom stereocenters. The minimum Gasteiger partial charge on any atom is -0.505 e. The van der Waals surface area contributed by atoms with Crippen molar-refractivity contribution in [1.82, 2.24) is 30.7 Å². The average molecular weight is 1510 g/mol. The molecule has 29 nitrogen and oxygen atoms in total. The number of nitrogens with two attached hydrogens (primary N) is 1. The van der Waals surface area contributed by atoms with Crippen LogP contribution in [0, 0.1) is 36.5 Å². The quantitative estimate of drug-likeness (QED) is 0.00786. The van der Waals surface area contributed by atoms with Crippen LogP contribution in [0.2, 0.25) is 0 Å². The summed E-state index contributed by atoms with van der Waals surface area (Å²) in [5, 5.41) is 49.2. The Hall–Kier alpha value is -10.3. The Labute approximate surface area is 629 Å². The van der Waals surface area contributed by atoms with Crippen molar-refractivity contribution in [3.8, 4) is 11.5 Å². The van der Waals surface area contributed by atoms with Crippen LogP contribution in [0.5, 0.6) is 11.5 Å². The SMILES string of the molecule is CO[C@H]1/C=C/O[C@@]2(C)Oc3c(C)c(=O)c4c(O)c(c5sc6cc(N7CCC(N(C)C(=O)OCc8ccc(NC(=O)[C@H](CCCNC(N)=O)NC(=O)[C@@H](NC(=O)CCCCCN9C(=O)C=CC9=O)C(C)C)cc8)CC7)ccc6nc5c4c3C2=O)NC(=O)/C(C)=C\C=C\[C@H](C)[C@H](O)[C@@H](C)[C@@H](O)[C@@H](C)[C@H](OC(C)=O)[C@@H]1C. The molecule has 5 aromatic rings. The number of esters is 1. The van der Waals surface area contributed by atoms with Crippen LogP contribution in [0.4, 0.5) is 26.7 Å². The number of aliphatic hydroxyl groups is 2. The number of aromatic nitrogens is 1. The van der Waals surface area contributed by atoms with E-state index in [2.05, 4.69) is 31.5 Å². The number of imide groups is 1. The molecule has 9 amide bonds. The Balaban J connectivity index is 0.883. The number of unbranched alkanes of at least 4 members (excludes halogenated alkanes) is 2. The van der Waals surface area contributed by atoms with E-state index in [0.717, 1.165) is 21.9 Å². The largest absolute Gasteiger partial charge is 0.505 e. The number of ether oxygens (including phenoxy) is 5. The van der Waals surface area contributed by atoms with Crippen molar-refractivity contribution in [2.24, 2.45) is 35.3 Å². The molecule has 1 fully saturated rings. The van der Waals surface area contributed by atoms with E-state index in [1.54, 1.807) is 103 Å². The summed E-state index contributed by atoms with van der Waals surface area (Å²) in [5.41, 5.74) is 6.82. The first-order valence-corrected chi connectivity index (χ1v) is 37.2. The zero-order chi connectivity index (χ0) is 78.7. The first kappa shape index (κ1) is 81.8. The number of aliphatic hydroxyl groups excluding tert-OH is 2. The molecule has 4 aromatic carbocycles. The summed E-state index contributed by atoms with van der Waals surface area (Å²) in [6.45, 7) is 17.3. The van der Waals surface area contributed by atoms with Gasteiger partial charge in [-0.15, -0.1) is 11.3 Å². The molecule has 580 valence electrons. The Morgan fingerprint density at radius 3 is 2.22 bits per heavy atom. The van der Waals surface area contributed by atoms with Gasteiger partial charge >= 0.3 is 23.9 Å². The average Bonchev–Trinajstić information content (AvgIpc) is 1.42. The molecule has 11 atom stereocenters. The van der Waals surface area contributed by atoms with Crippen molar-refractivity contribution in [2.45, 2.75) is 176 Å². The molecule has 1 aromatic heterocycles. The van der Waals surface area contributed by atoms with Gasteiger partial charge in [-0.2, -0.15) is 0 Å². The van der Waals surface area contributed by atoms with E-state index >= 15 is 4.79 Å². The van der Waals surface area contributed by atoms with Gasteiger partial charge < -0.3 is 81.1 Å². The number of Topliss-reactive ketones (excluding diaryl/α,β-unsaturated/α-hetero) is 1. The molecule has 1 saturated heterocycles. The highest BCUT2D eigenvalue weighted by Gasteiger charge is 2.50. The van der Waals surface area contributed by atoms with Gasteiger partial charge in [0, 0.05) is 130 Å². The highest BCUT2D eigenvalue weighted by atomic mass is 32.1. The van der Waals surface area contributed by atoms with Crippen LogP contribution in [0.15, 0.2) is 95.6 Å². The number of fused-ring (bicyclic) bond motifs is 2. The van der Waals surface area contributed by atoms with Crippen LogP contribution >= 0.6 is 11.3 Å². The van der Waals surface area contributed by atoms with Gasteiger partial charge in [-0.25, -0.2) is 14.6 Å². The van der Waals surface area contributed by atoms with Crippen LogP contribution in [-0.4, -0.2) is 178 Å². The van der Waals surface area contributed by atoms with Gasteiger partial charge in [0.05, 0.1) is 56.0 Å². The summed E-state index contributed by atoms with van der Waals surface area (Å²) in [7, 11) is 3.10. The van der Waals surface area contributed by atoms with Gasteiger partial charge in [-0.1, -0.05) is 78.3 Å². The fourth-order valence-electron chi connectivity index (χ4n) is 14.0. The van der Waals surface area contributed by atoms with E-state index in [1.165, 1.54) is 58.4 Å². The number of primary amides is 1. The number of allylic oxidation sites excluding steroid dienone is 2. The van der Waals surface area contributed by atoms with E-state index in [-0.39, 0.29) is 118 Å². The third-order valence-electron chi connectivity index (χ3n) is 20.6. The molecule has 30 heteroatoms. The van der Waals surface area contributed by atoms with Crippen LogP contribution < -0.4 is 47.4 Å². The monoisotopic (exact) mass is 1510 g/mol. The lowest BCUT2D eigenvalue weighted by Crippen LogP contribution is -2.54. The van der Waals surface area contributed by atoms with Crippen molar-refractivity contribution in [3.05, 3.63) is 118 Å². The molecule has 4 aliphatic heterocycles. The number of hydrogen-bond donors (Lipinski definition) is 9. The van der Waals surface area contributed by atoms with E-state index in [0.29, 0.717) is 66.7 Å². The van der Waals surface area contributed by atoms with Gasteiger partial charge in [0.1, 0.15) is 36.2 Å². The van der Waals surface area contributed by atoms with Crippen LogP contribution in [0.1, 0.15) is 135 Å². The number of ketones is 1. The topological polar surface area (TPSA) is 403 Å². The van der Waals surface area contributed by atoms with E-state index in [4.69, 9.17) is 34.4 Å². The van der Waals surface area contributed by atoms with Crippen molar-refractivity contribution in [3.63, 3.8) is 0 Å². The van der Waals surface area contributed by atoms with Crippen LogP contribution in [-0.2, 0) is 59.1 Å². The zero-order valence-corrected chi connectivity index (χ0v) is 63.7. The standard InChI is InChI=1S/C78H98N10O19S/c1-40(2)62(84-56(90)21-14-13-15-34-88-57(91)28-29-58(88)92)75(100)83-53(20-17-33-80-76(79)101)74(99)81-49-24-22-48(23-25-49)39-104-77(102)86(11)50-30-35-87(36-31-50)51-26-27-52-55(38-51)108-71-63(82-52)59-60-67(95)46(8)70-61(59)72(97)78(10,107-70)105-37-32-54(103-12)43(5)69(106-47(9)89)45(7)66(94)44(6)65(93)41(3)18-16-19-42(4)73(98)85-64(71)68(60)96/h16,18-19,22-29,32,37-38,40-41,43-45,50,53-54,62,65-66,69,93-94,96H,13-15,17,20-21,30-31,33-36,39H2,1-12H3,(H,81,99)(H,83,100)(H,84,90)(H,85,98)(H3,79,80,101)/b18-16+,37-32+,42-19-/t41-,43+,44+,45+,53-,54-,62-,65-,66+,69+,78-/m0/s1. The summed E-state index contributed by atoms with van der Waals surface area (Å²) >= 11 is 1.16. The lowest BCUT2D eigenvalue weighted by molar-refractivity contribution is -0.160. The van der Waals surface area contributed by atoms with E-state index < -0.39 is 119 Å². The Kier molecular flexibility index (Phi) is 27.0. The summed E-state index contributed by atoms with van der Waals surface area (Å²) in [6.07, 6.45) is 8.37. The second-order valence-electron chi connectivity index (χ2n) is 28.7. The van der Waals surface area contributed by atoms with Crippen LogP contribution in [0.3, 0.4) is 0 Å². The fourth-order valence-corrected chi connectivity index (χ4v) is 15.1. The maximum absolute atomic E-state index is 15.1. The minimum atomic E-state index is -2.09. The lowest BCUT2D eigenvalue weighted by atomic mass is 9.78. The van der Waals surface area contributed by atoms with Crippen molar-refractivity contribution in [2.75, 3.05) is 55.9 Å². The Morgan fingerprint density at radius 2 is 1.56 bits per heavy atom. The molecule has 0 radical (unpaired) electrons. The first-order valence-electron chi connectivity index (χ1n) is 36.3. The van der Waals surface area contributed by atoms with E-state index in [9.17, 15) is 63.3 Å². The van der Waals surface area contributed by atoms with Crippen molar-refractivity contribution in [1.29, 1.82) is 0 Å². The Bertz CT molecular complexity index is 4450. The number of carbonyl (C=O) groups is 10. The predicted octanol–water partition coefficient (Wildman–Crippen LogP) is 8.20. The number of urea groups is 1. The third kappa shape index (κ3) is 18.8. The summed E-state index contributed by atoms with van der Waals surface area (Å²) in [6, 6.07) is 9.14. The van der Waals surface area contributed by atoms with Gasteiger partial charge in [-0.05, 0) is 100 Å². The number of nitrogens with one attached hydrogen (secondary N) is 5. The molecule has 0 saturated carbocycles. The first-order chi connectivity index (χ1) is 51.2. The van der Waals surface area contributed by atoms with Crippen molar-refractivity contribution < 1.29 is 86.9 Å². The summed E-state index contributed by atoms with van der Waals surface area (Å²) in [4.78, 5) is 156. The van der Waals surface area contributed by atoms with Gasteiger partial charge in [0.25, 0.3) is 23.5 Å². The van der Waals surface area contributed by atoms with Gasteiger partial charge in [-0.3, -0.25) is 48.1 Å². The number of anilines is 3. The summed E-state index contributed by atoms with van der Waals surface area (Å²) in [5.74, 6) is -10.1. The number of rotatable bonds is 22. The fraction of sp³-hybridized carbons (Fsp3) is 0.487. The maximum Gasteiger partial charge on any atom is 0.410 e. The van der Waals surface area contributed by atoms with E-state index in [1.807, 2.05) is 12.1 Å². The minimum absolute atomic E-state index is 0.0254. The normalized spacial score (nSPS) is 23.8. The Morgan fingerprint density at radius 1 is 0.870 bits per heavy atom. The highest BCUT2D eigenvalue weighted by Crippen LogP contribution is 2.50. The molecule has 5 heterocycles. The number of nitrogens with zero attached hydrogens (tertiary/aromatic N) is 4. The maximum atomic E-state index is 15.1. The number of aromatic hydroxyl groups is 1. The molecular formula is C78H98N10O19S. The molecule has 9 rings (SSSR count). The summed E-state index contributed by atoms with van der Waals surface area (Å²) < 4.78 is 30.8. The van der Waals surface area contributed by atoms with Crippen molar-refractivity contribution >= 4 is 119 Å². The number of carbonyl (C=O) groups excluding carboxylic acids is 10. The second-order valence-corrected chi connectivity index (χ2v) is 29.8. The number of amides is 9. The zero-order valence-electron chi connectivity index (χ0n) is 62.9. The molecule has 0 aliphatic carbocycles. The van der Waals surface area contributed by atoms with Crippen LogP contribution in [0.25, 0.3) is 31.2 Å². The number of phenols is 1. The smallest absolute Gasteiger partial charge is 0.410 e. The molecule has 4 aliphatic rings. The second kappa shape index (κ2) is 35.6. The molecular weight excluding hydrogens is 1410 g/mol. The molecule has 0 spiro atoms. The number of methoxy groups -OCH3 is 1. The highest BCUT2D eigenvalue weighted by molar-refractivity contribution is 7.25.